The first-order valence-corrected chi connectivity index (χ1v) is 10.7. The molecule has 28 heavy (non-hydrogen) atoms. The highest BCUT2D eigenvalue weighted by molar-refractivity contribution is 7.33. The lowest BCUT2D eigenvalue weighted by atomic mass is 10.1. The standard InChI is InChI=1S/C18H30F4O5P/c1-3-5-7-9-11-17(19,20)15(23)13-26-28(25)27-14-16(24)18(21,22)12-10-8-6-4-2/h3-14H2,1-2H3/q+1. The smallest absolute Gasteiger partial charge is 0.290 e. The van der Waals surface area contributed by atoms with E-state index in [2.05, 4.69) is 9.05 Å². The lowest BCUT2D eigenvalue weighted by Gasteiger charge is -2.13. The molecule has 0 N–H and O–H groups in total. The van der Waals surface area contributed by atoms with Crippen molar-refractivity contribution in [1.82, 2.24) is 0 Å². The van der Waals surface area contributed by atoms with Crippen LogP contribution in [0.15, 0.2) is 0 Å². The van der Waals surface area contributed by atoms with Crippen LogP contribution in [0.5, 0.6) is 0 Å². The zero-order valence-electron chi connectivity index (χ0n) is 16.5. The molecule has 0 aliphatic rings. The summed E-state index contributed by atoms with van der Waals surface area (Å²) in [6, 6.07) is 0. The number of Topliss-reactive ketones (excluding diaryl/α,β-unsaturated/α-hetero) is 2. The Morgan fingerprint density at radius 1 is 0.714 bits per heavy atom. The molecule has 0 heterocycles. The fourth-order valence-corrected chi connectivity index (χ4v) is 2.82. The van der Waals surface area contributed by atoms with E-state index in [1.54, 1.807) is 0 Å². The van der Waals surface area contributed by atoms with Crippen LogP contribution in [0.4, 0.5) is 17.6 Å². The second-order valence-electron chi connectivity index (χ2n) is 6.65. The van der Waals surface area contributed by atoms with Gasteiger partial charge in [0.15, 0.2) is 13.2 Å². The van der Waals surface area contributed by atoms with Gasteiger partial charge in [0.1, 0.15) is 0 Å². The summed E-state index contributed by atoms with van der Waals surface area (Å²) in [4.78, 5) is 22.9. The van der Waals surface area contributed by atoms with Crippen LogP contribution < -0.4 is 0 Å². The monoisotopic (exact) mass is 433 g/mol. The second-order valence-corrected chi connectivity index (χ2v) is 7.61. The van der Waals surface area contributed by atoms with E-state index in [0.717, 1.165) is 25.7 Å². The minimum Gasteiger partial charge on any atom is -0.290 e. The molecular weight excluding hydrogens is 403 g/mol. The highest BCUT2D eigenvalue weighted by Crippen LogP contribution is 2.30. The Bertz CT molecular complexity index is 458. The topological polar surface area (TPSA) is 69.7 Å². The molecule has 10 heteroatoms. The summed E-state index contributed by atoms with van der Waals surface area (Å²) in [5, 5.41) is 0. The summed E-state index contributed by atoms with van der Waals surface area (Å²) in [6.45, 7) is 1.47. The third-order valence-electron chi connectivity index (χ3n) is 4.11. The van der Waals surface area contributed by atoms with Gasteiger partial charge in [-0.25, -0.2) is 0 Å². The molecule has 0 amide bonds. The van der Waals surface area contributed by atoms with Crippen LogP contribution in [0.3, 0.4) is 0 Å². The van der Waals surface area contributed by atoms with Gasteiger partial charge in [0.2, 0.25) is 11.6 Å². The van der Waals surface area contributed by atoms with Crippen LogP contribution in [0.2, 0.25) is 0 Å². The fourth-order valence-electron chi connectivity index (χ4n) is 2.30. The van der Waals surface area contributed by atoms with Gasteiger partial charge >= 0.3 is 20.1 Å². The van der Waals surface area contributed by atoms with Crippen molar-refractivity contribution in [2.75, 3.05) is 13.2 Å². The molecule has 0 aromatic carbocycles. The summed E-state index contributed by atoms with van der Waals surface area (Å²) in [5.74, 6) is -10.4. The van der Waals surface area contributed by atoms with Gasteiger partial charge in [-0.05, 0) is 12.8 Å². The average molecular weight is 433 g/mol. The molecule has 0 aromatic rings. The van der Waals surface area contributed by atoms with Crippen LogP contribution >= 0.6 is 8.25 Å². The van der Waals surface area contributed by atoms with Crippen molar-refractivity contribution in [3.8, 4) is 0 Å². The number of carbonyl (C=O) groups is 2. The van der Waals surface area contributed by atoms with E-state index in [1.165, 1.54) is 0 Å². The van der Waals surface area contributed by atoms with Crippen molar-refractivity contribution in [2.24, 2.45) is 0 Å². The number of halogens is 4. The number of carbonyl (C=O) groups excluding carboxylic acids is 2. The predicted octanol–water partition coefficient (Wildman–Crippen LogP) is 6.03. The van der Waals surface area contributed by atoms with Crippen molar-refractivity contribution in [2.45, 2.75) is 89.9 Å². The van der Waals surface area contributed by atoms with Gasteiger partial charge in [-0.2, -0.15) is 17.6 Å². The van der Waals surface area contributed by atoms with Gasteiger partial charge in [-0.3, -0.25) is 9.59 Å². The molecule has 0 radical (unpaired) electrons. The number of unbranched alkanes of at least 4 members (excludes halogenated alkanes) is 6. The Hall–Kier alpha value is -0.920. The van der Waals surface area contributed by atoms with Gasteiger partial charge in [0, 0.05) is 17.4 Å². The van der Waals surface area contributed by atoms with E-state index < -0.39 is 57.7 Å². The Kier molecular flexibility index (Phi) is 13.7. The Labute approximate surface area is 164 Å². The van der Waals surface area contributed by atoms with E-state index >= 15 is 0 Å². The minimum absolute atomic E-state index is 0.164. The molecule has 0 aromatic heterocycles. The molecule has 0 spiro atoms. The van der Waals surface area contributed by atoms with Crippen molar-refractivity contribution in [1.29, 1.82) is 0 Å². The molecule has 0 aliphatic carbocycles. The van der Waals surface area contributed by atoms with Crippen molar-refractivity contribution in [3.05, 3.63) is 0 Å². The number of rotatable bonds is 18. The predicted molar refractivity (Wildman–Crippen MR) is 96.9 cm³/mol. The van der Waals surface area contributed by atoms with Crippen LogP contribution in [0.25, 0.3) is 0 Å². The van der Waals surface area contributed by atoms with Crippen LogP contribution in [-0.2, 0) is 23.2 Å². The van der Waals surface area contributed by atoms with Gasteiger partial charge in [0.25, 0.3) is 0 Å². The molecule has 0 saturated carbocycles. The molecule has 0 fully saturated rings. The van der Waals surface area contributed by atoms with Crippen LogP contribution in [0, 0.1) is 0 Å². The average Bonchev–Trinajstić information content (AvgIpc) is 2.64. The summed E-state index contributed by atoms with van der Waals surface area (Å²) < 4.78 is 74.6. The normalized spacial score (nSPS) is 12.2. The molecule has 0 saturated heterocycles. The van der Waals surface area contributed by atoms with E-state index in [0.29, 0.717) is 12.8 Å². The Morgan fingerprint density at radius 2 is 1.07 bits per heavy atom. The largest absolute Gasteiger partial charge is 0.698 e. The Morgan fingerprint density at radius 3 is 1.39 bits per heavy atom. The highest BCUT2D eigenvalue weighted by atomic mass is 31.1. The van der Waals surface area contributed by atoms with Gasteiger partial charge in [0.05, 0.1) is 0 Å². The third-order valence-corrected chi connectivity index (χ3v) is 4.79. The molecular formula is C18H30F4O5P+. The van der Waals surface area contributed by atoms with E-state index in [1.807, 2.05) is 13.8 Å². The molecule has 164 valence electrons. The van der Waals surface area contributed by atoms with E-state index in [9.17, 15) is 31.7 Å². The maximum Gasteiger partial charge on any atom is 0.698 e. The first kappa shape index (κ1) is 27.1. The SMILES string of the molecule is CCCCCCC(F)(F)C(=O)CO[P+](=O)OCC(=O)C(F)(F)CCCCCC. The number of hydrogen-bond donors (Lipinski definition) is 0. The molecule has 0 unspecified atom stereocenters. The van der Waals surface area contributed by atoms with Gasteiger partial charge < -0.3 is 0 Å². The van der Waals surface area contributed by atoms with Crippen LogP contribution in [-0.4, -0.2) is 36.6 Å². The third kappa shape index (κ3) is 11.8. The highest BCUT2D eigenvalue weighted by Gasteiger charge is 2.42. The molecule has 0 aliphatic heterocycles. The maximum absolute atomic E-state index is 13.6. The minimum atomic E-state index is -3.62. The molecule has 0 rings (SSSR count). The summed E-state index contributed by atoms with van der Waals surface area (Å²) in [5.41, 5.74) is 0. The number of alkyl halides is 4. The first-order valence-electron chi connectivity index (χ1n) is 9.62. The van der Waals surface area contributed by atoms with Crippen LogP contribution in [0.1, 0.15) is 78.1 Å². The maximum atomic E-state index is 13.6. The number of hydrogen-bond acceptors (Lipinski definition) is 5. The zero-order chi connectivity index (χ0) is 21.6. The zero-order valence-corrected chi connectivity index (χ0v) is 17.4. The summed E-state index contributed by atoms with van der Waals surface area (Å²) in [7, 11) is -3.14. The lowest BCUT2D eigenvalue weighted by molar-refractivity contribution is -0.147. The molecule has 0 bridgehead atoms. The summed E-state index contributed by atoms with van der Waals surface area (Å²) in [6.07, 6.45) is 3.43. The lowest BCUT2D eigenvalue weighted by Crippen LogP contribution is -2.32. The second kappa shape index (κ2) is 14.1. The van der Waals surface area contributed by atoms with Crippen molar-refractivity contribution >= 4 is 19.8 Å². The van der Waals surface area contributed by atoms with Crippen molar-refractivity contribution in [3.63, 3.8) is 0 Å². The molecule has 0 atom stereocenters. The van der Waals surface area contributed by atoms with E-state index in [4.69, 9.17) is 0 Å². The Balaban J connectivity index is 4.19. The quantitative estimate of drug-likeness (QED) is 0.150. The van der Waals surface area contributed by atoms with Gasteiger partial charge in [-0.15, -0.1) is 9.05 Å². The van der Waals surface area contributed by atoms with E-state index in [-0.39, 0.29) is 12.8 Å². The summed E-state index contributed by atoms with van der Waals surface area (Å²) >= 11 is 0. The van der Waals surface area contributed by atoms with Gasteiger partial charge in [-0.1, -0.05) is 52.4 Å². The fraction of sp³-hybridized carbons (Fsp3) is 0.889. The number of ketones is 2. The van der Waals surface area contributed by atoms with Crippen molar-refractivity contribution < 1.29 is 40.8 Å². The molecule has 5 nitrogen and oxygen atoms in total. The first-order chi connectivity index (χ1) is 13.1.